The Morgan fingerprint density at radius 3 is 1.63 bits per heavy atom. The lowest BCUT2D eigenvalue weighted by molar-refractivity contribution is -0.216. The third kappa shape index (κ3) is 32.6. The smallest absolute Gasteiger partial charge is 0.462 e. The predicted octanol–water partition coefficient (Wildman–Crippen LogP) is 8.14. The van der Waals surface area contributed by atoms with Crippen molar-refractivity contribution in [2.24, 2.45) is 0 Å². The lowest BCUT2D eigenvalue weighted by atomic mass is 9.85. The summed E-state index contributed by atoms with van der Waals surface area (Å²) in [5.41, 5.74) is 0. The molecule has 1 aliphatic carbocycles. The van der Waals surface area contributed by atoms with E-state index in [1.54, 1.807) is 6.08 Å². The first-order chi connectivity index (χ1) is 32.5. The van der Waals surface area contributed by atoms with Gasteiger partial charge in [0.2, 0.25) is 0 Å². The van der Waals surface area contributed by atoms with Crippen molar-refractivity contribution in [3.05, 3.63) is 97.2 Å². The zero-order chi connectivity index (χ0) is 50.5. The number of allylic oxidation sites excluding steroid dienone is 14. The van der Waals surface area contributed by atoms with Crippen LogP contribution >= 0.6 is 15.6 Å². The molecule has 19 heteroatoms. The van der Waals surface area contributed by atoms with Crippen LogP contribution in [0.25, 0.3) is 0 Å². The minimum Gasteiger partial charge on any atom is -0.462 e. The van der Waals surface area contributed by atoms with Gasteiger partial charge >= 0.3 is 27.6 Å². The lowest BCUT2D eigenvalue weighted by Gasteiger charge is -2.43. The molecule has 8 N–H and O–H groups in total. The van der Waals surface area contributed by atoms with Crippen LogP contribution in [0, 0.1) is 0 Å². The first-order valence-electron chi connectivity index (χ1n) is 23.9. The van der Waals surface area contributed by atoms with Gasteiger partial charge in [-0.15, -0.1) is 0 Å². The first kappa shape index (κ1) is 62.9. The number of hydrogen-bond donors (Lipinski definition) is 8. The van der Waals surface area contributed by atoms with Gasteiger partial charge in [-0.25, -0.2) is 9.13 Å². The Bertz CT molecular complexity index is 1700. The van der Waals surface area contributed by atoms with E-state index >= 15 is 0 Å². The summed E-state index contributed by atoms with van der Waals surface area (Å²) in [7, 11) is -10.7. The summed E-state index contributed by atoms with van der Waals surface area (Å²) in [6, 6.07) is 0. The molecule has 1 aliphatic rings. The molecule has 0 bridgehead atoms. The predicted molar refractivity (Wildman–Crippen MR) is 261 cm³/mol. The topological polar surface area (TPSA) is 276 Å². The Labute approximate surface area is 403 Å². The number of esters is 2. The fourth-order valence-electron chi connectivity index (χ4n) is 6.51. The second-order valence-corrected chi connectivity index (χ2v) is 18.9. The highest BCUT2D eigenvalue weighted by Gasteiger charge is 2.54. The Hall–Kier alpha value is -3.12. The van der Waals surface area contributed by atoms with Crippen LogP contribution in [-0.2, 0) is 41.8 Å². The molecule has 0 aromatic carbocycles. The highest BCUT2D eigenvalue weighted by Crippen LogP contribution is 2.49. The van der Waals surface area contributed by atoms with Gasteiger partial charge in [0.05, 0.1) is 12.7 Å². The van der Waals surface area contributed by atoms with Crippen molar-refractivity contribution in [1.29, 1.82) is 0 Å². The van der Waals surface area contributed by atoms with E-state index < -0.39 is 89.6 Å². The molecule has 1 rings (SSSR count). The molecule has 68 heavy (non-hydrogen) atoms. The van der Waals surface area contributed by atoms with E-state index in [9.17, 15) is 58.9 Å². The number of hydrogen-bond acceptors (Lipinski definition) is 14. The molecule has 0 spiro atoms. The molecule has 1 saturated carbocycles. The van der Waals surface area contributed by atoms with Gasteiger partial charge in [-0.05, 0) is 77.0 Å². The Balaban J connectivity index is 2.69. The Kier molecular flexibility index (Phi) is 35.7. The average Bonchev–Trinajstić information content (AvgIpc) is 3.29. The zero-order valence-corrected chi connectivity index (χ0v) is 41.6. The Morgan fingerprint density at radius 1 is 0.559 bits per heavy atom. The number of carbonyl (C=O) groups excluding carboxylic acids is 2. The molecule has 0 aliphatic heterocycles. The van der Waals surface area contributed by atoms with Gasteiger partial charge in [-0.2, -0.15) is 0 Å². The number of aliphatic hydroxyl groups excluding tert-OH is 5. The normalized spacial score (nSPS) is 22.6. The summed E-state index contributed by atoms with van der Waals surface area (Å²) < 4.78 is 49.2. The summed E-state index contributed by atoms with van der Waals surface area (Å²) >= 11 is 0. The summed E-state index contributed by atoms with van der Waals surface area (Å²) in [5.74, 6) is -1.37. The molecule has 17 nitrogen and oxygen atoms in total. The summed E-state index contributed by atoms with van der Waals surface area (Å²) in [6.45, 7) is 2.76. The van der Waals surface area contributed by atoms with Crippen LogP contribution in [0.4, 0.5) is 0 Å². The molecule has 0 aromatic rings. The van der Waals surface area contributed by atoms with Gasteiger partial charge in [-0.1, -0.05) is 143 Å². The molecular formula is C49H80O17P2. The average molecular weight is 1000 g/mol. The SMILES string of the molecule is CC/C=C\C(O)C/C=C/C=C\C/C=C\C/C=C\CCCC(=O)O[C@H](COC(=O)CCC/C=C\C/C=C\C/C=C\CCCCCCCC)COP(=O)(O)O[C@H]1C(O)C(O)C(O)[C@@H](OP(=O)(O)O)C1O. The molecule has 1 fully saturated rings. The fourth-order valence-corrected chi connectivity index (χ4v) is 8.05. The van der Waals surface area contributed by atoms with Crippen LogP contribution in [0.5, 0.6) is 0 Å². The maximum absolute atomic E-state index is 13.0. The van der Waals surface area contributed by atoms with E-state index in [2.05, 4.69) is 35.8 Å². The first-order valence-corrected chi connectivity index (χ1v) is 26.9. The molecule has 388 valence electrons. The molecule has 0 heterocycles. The third-order valence-corrected chi connectivity index (χ3v) is 11.7. The zero-order valence-electron chi connectivity index (χ0n) is 39.9. The molecule has 0 amide bonds. The lowest BCUT2D eigenvalue weighted by Crippen LogP contribution is -2.64. The van der Waals surface area contributed by atoms with Crippen molar-refractivity contribution in [2.75, 3.05) is 13.2 Å². The van der Waals surface area contributed by atoms with Gasteiger partial charge in [0, 0.05) is 12.8 Å². The summed E-state index contributed by atoms with van der Waals surface area (Å²) in [5, 5.41) is 51.0. The minimum atomic E-state index is -5.39. The highest BCUT2D eigenvalue weighted by molar-refractivity contribution is 7.47. The van der Waals surface area contributed by atoms with Gasteiger partial charge in [-0.3, -0.25) is 23.2 Å². The van der Waals surface area contributed by atoms with Crippen LogP contribution in [0.2, 0.25) is 0 Å². The van der Waals surface area contributed by atoms with E-state index in [0.29, 0.717) is 38.5 Å². The molecule has 0 radical (unpaired) electrons. The van der Waals surface area contributed by atoms with Crippen molar-refractivity contribution in [3.63, 3.8) is 0 Å². The van der Waals surface area contributed by atoms with E-state index in [1.807, 2.05) is 73.8 Å². The van der Waals surface area contributed by atoms with Crippen LogP contribution in [-0.4, -0.2) is 114 Å². The maximum Gasteiger partial charge on any atom is 0.472 e. The van der Waals surface area contributed by atoms with Crippen LogP contribution < -0.4 is 0 Å². The van der Waals surface area contributed by atoms with Crippen molar-refractivity contribution in [2.45, 2.75) is 185 Å². The summed E-state index contributed by atoms with van der Waals surface area (Å²) in [6.07, 6.45) is 31.5. The number of aliphatic hydroxyl groups is 5. The molecule has 0 aromatic heterocycles. The van der Waals surface area contributed by atoms with Gasteiger partial charge in [0.15, 0.2) is 6.10 Å². The van der Waals surface area contributed by atoms with Gasteiger partial charge < -0.3 is 49.7 Å². The van der Waals surface area contributed by atoms with Gasteiger partial charge in [0.25, 0.3) is 0 Å². The molecule has 9 atom stereocenters. The van der Waals surface area contributed by atoms with E-state index in [4.69, 9.17) is 18.5 Å². The molecular weight excluding hydrogens is 922 g/mol. The third-order valence-electron chi connectivity index (χ3n) is 10.2. The standard InChI is InChI=1S/C49H80O17P2/c1-3-5-7-8-9-10-11-12-13-14-15-16-20-23-26-29-32-36-42(51)62-38-41(39-63-68(60,61)66-49-46(55)44(53)45(54)48(47(49)56)65-67(57,58)59)64-43(52)37-33-30-27-24-21-18-17-19-22-25-28-31-35-40(50)34-6-4-2/h6,12-13,15-18,22-28,31,34,40-41,44-50,53-56H,3-5,7-11,14,19-21,29-30,32-33,35-39H2,1-2H3,(H,60,61)(H2,57,58,59)/b13-12-,16-15-,18-17-,25-22-,26-23-,27-24-,31-28+,34-6-/t40?,41-,44?,45?,46?,47?,48-,49+/m1/s1. The second kappa shape index (κ2) is 38.6. The van der Waals surface area contributed by atoms with Crippen molar-refractivity contribution in [1.82, 2.24) is 0 Å². The number of phosphoric acid groups is 2. The fraction of sp³-hybridized carbons (Fsp3) is 0.633. The van der Waals surface area contributed by atoms with Crippen molar-refractivity contribution in [3.8, 4) is 0 Å². The van der Waals surface area contributed by atoms with E-state index in [0.717, 1.165) is 32.1 Å². The van der Waals surface area contributed by atoms with E-state index in [-0.39, 0.29) is 12.8 Å². The minimum absolute atomic E-state index is 0.0228. The maximum atomic E-state index is 13.0. The highest BCUT2D eigenvalue weighted by atomic mass is 31.2. The van der Waals surface area contributed by atoms with Crippen LogP contribution in [0.1, 0.15) is 136 Å². The summed E-state index contributed by atoms with van der Waals surface area (Å²) in [4.78, 5) is 54.2. The van der Waals surface area contributed by atoms with Crippen molar-refractivity contribution >= 4 is 27.6 Å². The Morgan fingerprint density at radius 2 is 1.06 bits per heavy atom. The number of unbranched alkanes of at least 4 members (excludes halogenated alkanes) is 8. The van der Waals surface area contributed by atoms with E-state index in [1.165, 1.54) is 38.5 Å². The number of carbonyl (C=O) groups is 2. The molecule has 6 unspecified atom stereocenters. The monoisotopic (exact) mass is 1000 g/mol. The molecule has 0 saturated heterocycles. The number of ether oxygens (including phenoxy) is 2. The quantitative estimate of drug-likeness (QED) is 0.00953. The number of rotatable bonds is 38. The van der Waals surface area contributed by atoms with Gasteiger partial charge in [0.1, 0.15) is 43.2 Å². The largest absolute Gasteiger partial charge is 0.472 e. The second-order valence-electron chi connectivity index (χ2n) is 16.3. The number of phosphoric ester groups is 2. The van der Waals surface area contributed by atoms with Crippen LogP contribution in [0.15, 0.2) is 97.2 Å². The van der Waals surface area contributed by atoms with Crippen LogP contribution in [0.3, 0.4) is 0 Å². The van der Waals surface area contributed by atoms with Crippen molar-refractivity contribution < 1.29 is 82.0 Å².